The van der Waals surface area contributed by atoms with E-state index in [0.717, 1.165) is 13.6 Å². The maximum Gasteiger partial charge on any atom is 0.251 e. The maximum atomic E-state index is 12.2. The molecule has 20 heavy (non-hydrogen) atoms. The fourth-order valence-corrected chi connectivity index (χ4v) is 2.53. The first-order valence-electron chi connectivity index (χ1n) is 5.99. The molecule has 0 heterocycles. The number of benzene rings is 2. The molecular formula is C15H12BrClINO. The molecule has 104 valence electrons. The molecule has 0 unspecified atom stereocenters. The molecule has 2 nitrogen and oxygen atoms in total. The Labute approximate surface area is 145 Å². The number of hydrogen-bond acceptors (Lipinski definition) is 1. The van der Waals surface area contributed by atoms with Gasteiger partial charge in [-0.2, -0.15) is 0 Å². The quantitative estimate of drug-likeness (QED) is 0.622. The summed E-state index contributed by atoms with van der Waals surface area (Å²) in [5, 5.41) is 3.56. The van der Waals surface area contributed by atoms with E-state index in [1.165, 1.54) is 0 Å². The number of carbonyl (C=O) groups is 1. The van der Waals surface area contributed by atoms with Crippen molar-refractivity contribution in [3.63, 3.8) is 0 Å². The van der Waals surface area contributed by atoms with Gasteiger partial charge in [-0.15, -0.1) is 0 Å². The zero-order valence-corrected chi connectivity index (χ0v) is 15.2. The van der Waals surface area contributed by atoms with E-state index >= 15 is 0 Å². The van der Waals surface area contributed by atoms with Crippen molar-refractivity contribution >= 4 is 56.0 Å². The highest BCUT2D eigenvalue weighted by Crippen LogP contribution is 2.21. The van der Waals surface area contributed by atoms with Gasteiger partial charge in [0.1, 0.15) is 0 Å². The van der Waals surface area contributed by atoms with Gasteiger partial charge in [0.2, 0.25) is 0 Å². The Morgan fingerprint density at radius 2 is 1.90 bits per heavy atom. The van der Waals surface area contributed by atoms with Crippen molar-refractivity contribution in [2.45, 2.75) is 13.0 Å². The Kier molecular flexibility index (Phi) is 5.46. The van der Waals surface area contributed by atoms with Crippen LogP contribution in [0, 0.1) is 3.57 Å². The number of amides is 1. The first-order chi connectivity index (χ1) is 9.47. The summed E-state index contributed by atoms with van der Waals surface area (Å²) in [4.78, 5) is 12.2. The van der Waals surface area contributed by atoms with Gasteiger partial charge < -0.3 is 5.32 Å². The predicted octanol–water partition coefficient (Wildman–Crippen LogP) is 5.20. The van der Waals surface area contributed by atoms with E-state index in [0.29, 0.717) is 10.6 Å². The van der Waals surface area contributed by atoms with Crippen LogP contribution in [0.3, 0.4) is 0 Å². The van der Waals surface area contributed by atoms with Crippen molar-refractivity contribution in [3.05, 3.63) is 66.7 Å². The highest BCUT2D eigenvalue weighted by atomic mass is 127. The minimum absolute atomic E-state index is 0.0614. The Hall–Kier alpha value is -0.590. The third-order valence-electron chi connectivity index (χ3n) is 2.90. The minimum Gasteiger partial charge on any atom is -0.346 e. The number of hydrogen-bond donors (Lipinski definition) is 1. The van der Waals surface area contributed by atoms with Crippen LogP contribution in [0.4, 0.5) is 0 Å². The van der Waals surface area contributed by atoms with Crippen molar-refractivity contribution in [1.82, 2.24) is 5.32 Å². The first kappa shape index (κ1) is 15.8. The summed E-state index contributed by atoms with van der Waals surface area (Å²) >= 11 is 11.6. The minimum atomic E-state index is -0.126. The van der Waals surface area contributed by atoms with E-state index in [1.807, 2.05) is 37.3 Å². The Balaban J connectivity index is 2.10. The second kappa shape index (κ2) is 6.91. The Bertz CT molecular complexity index is 630. The molecular weight excluding hydrogens is 452 g/mol. The van der Waals surface area contributed by atoms with Gasteiger partial charge in [0.05, 0.1) is 11.1 Å². The molecule has 0 aromatic heterocycles. The van der Waals surface area contributed by atoms with Gasteiger partial charge in [-0.25, -0.2) is 0 Å². The van der Waals surface area contributed by atoms with Crippen molar-refractivity contribution < 1.29 is 4.79 Å². The SMILES string of the molecule is C[C@H](NC(=O)c1ccc(I)c(Cl)c1)c1ccc(Br)cc1. The summed E-state index contributed by atoms with van der Waals surface area (Å²) in [5.41, 5.74) is 1.62. The van der Waals surface area contributed by atoms with Crippen molar-refractivity contribution in [1.29, 1.82) is 0 Å². The fraction of sp³-hybridized carbons (Fsp3) is 0.133. The lowest BCUT2D eigenvalue weighted by Crippen LogP contribution is -2.26. The van der Waals surface area contributed by atoms with Crippen LogP contribution in [0.25, 0.3) is 0 Å². The summed E-state index contributed by atoms with van der Waals surface area (Å²) in [7, 11) is 0. The molecule has 0 aliphatic rings. The molecule has 0 fully saturated rings. The standard InChI is InChI=1S/C15H12BrClINO/c1-9(10-2-5-12(16)6-3-10)19-15(20)11-4-7-14(18)13(17)8-11/h2-9H,1H3,(H,19,20)/t9-/m0/s1. The molecule has 0 aliphatic carbocycles. The average molecular weight is 465 g/mol. The lowest BCUT2D eigenvalue weighted by molar-refractivity contribution is 0.0940. The molecule has 1 amide bonds. The second-order valence-corrected chi connectivity index (χ2v) is 6.86. The summed E-state index contributed by atoms with van der Waals surface area (Å²) in [6, 6.07) is 13.1. The van der Waals surface area contributed by atoms with Crippen molar-refractivity contribution in [2.24, 2.45) is 0 Å². The number of carbonyl (C=O) groups excluding carboxylic acids is 1. The molecule has 0 radical (unpaired) electrons. The highest BCUT2D eigenvalue weighted by molar-refractivity contribution is 14.1. The van der Waals surface area contributed by atoms with Crippen LogP contribution in [-0.4, -0.2) is 5.91 Å². The topological polar surface area (TPSA) is 29.1 Å². The van der Waals surface area contributed by atoms with Crippen LogP contribution in [-0.2, 0) is 0 Å². The normalized spacial score (nSPS) is 12.0. The Morgan fingerprint density at radius 3 is 2.50 bits per heavy atom. The van der Waals surface area contributed by atoms with Gasteiger partial charge in [-0.05, 0) is 65.4 Å². The number of rotatable bonds is 3. The molecule has 1 N–H and O–H groups in total. The lowest BCUT2D eigenvalue weighted by atomic mass is 10.1. The zero-order valence-electron chi connectivity index (χ0n) is 10.7. The van der Waals surface area contributed by atoms with E-state index in [2.05, 4.69) is 43.8 Å². The zero-order chi connectivity index (χ0) is 14.7. The smallest absolute Gasteiger partial charge is 0.251 e. The molecule has 0 bridgehead atoms. The van der Waals surface area contributed by atoms with Gasteiger partial charge in [0.25, 0.3) is 5.91 Å². The molecule has 0 spiro atoms. The third kappa shape index (κ3) is 3.96. The van der Waals surface area contributed by atoms with E-state index in [4.69, 9.17) is 11.6 Å². The van der Waals surface area contributed by atoms with Gasteiger partial charge in [0, 0.05) is 13.6 Å². The van der Waals surface area contributed by atoms with Gasteiger partial charge in [-0.3, -0.25) is 4.79 Å². The fourth-order valence-electron chi connectivity index (χ4n) is 1.75. The van der Waals surface area contributed by atoms with Crippen LogP contribution in [0.1, 0.15) is 28.9 Å². The molecule has 0 aliphatic heterocycles. The molecule has 2 aromatic rings. The second-order valence-electron chi connectivity index (χ2n) is 4.38. The van der Waals surface area contributed by atoms with E-state index in [9.17, 15) is 4.79 Å². The molecule has 1 atom stereocenters. The molecule has 2 rings (SSSR count). The van der Waals surface area contributed by atoms with E-state index in [1.54, 1.807) is 12.1 Å². The third-order valence-corrected chi connectivity index (χ3v) is 5.00. The van der Waals surface area contributed by atoms with E-state index < -0.39 is 0 Å². The van der Waals surface area contributed by atoms with Crippen LogP contribution in [0.2, 0.25) is 5.02 Å². The number of halogens is 3. The maximum absolute atomic E-state index is 12.2. The number of nitrogens with one attached hydrogen (secondary N) is 1. The summed E-state index contributed by atoms with van der Waals surface area (Å²) in [6.07, 6.45) is 0. The van der Waals surface area contributed by atoms with Crippen LogP contribution in [0.15, 0.2) is 46.9 Å². The monoisotopic (exact) mass is 463 g/mol. The van der Waals surface area contributed by atoms with Crippen LogP contribution in [0.5, 0.6) is 0 Å². The largest absolute Gasteiger partial charge is 0.346 e. The van der Waals surface area contributed by atoms with Crippen molar-refractivity contribution in [3.8, 4) is 0 Å². The van der Waals surface area contributed by atoms with Gasteiger partial charge >= 0.3 is 0 Å². The van der Waals surface area contributed by atoms with Gasteiger partial charge in [0.15, 0.2) is 0 Å². The summed E-state index contributed by atoms with van der Waals surface area (Å²) < 4.78 is 1.95. The molecule has 0 saturated heterocycles. The predicted molar refractivity (Wildman–Crippen MR) is 94.2 cm³/mol. The highest BCUT2D eigenvalue weighted by Gasteiger charge is 2.12. The summed E-state index contributed by atoms with van der Waals surface area (Å²) in [5.74, 6) is -0.126. The van der Waals surface area contributed by atoms with Crippen LogP contribution < -0.4 is 5.32 Å². The van der Waals surface area contributed by atoms with E-state index in [-0.39, 0.29) is 11.9 Å². The molecule has 2 aromatic carbocycles. The lowest BCUT2D eigenvalue weighted by Gasteiger charge is -2.14. The molecule has 0 saturated carbocycles. The Morgan fingerprint density at radius 1 is 1.25 bits per heavy atom. The molecule has 5 heteroatoms. The first-order valence-corrected chi connectivity index (χ1v) is 8.23. The van der Waals surface area contributed by atoms with Crippen molar-refractivity contribution in [2.75, 3.05) is 0 Å². The average Bonchev–Trinajstić information content (AvgIpc) is 2.42. The summed E-state index contributed by atoms with van der Waals surface area (Å²) in [6.45, 7) is 1.95. The van der Waals surface area contributed by atoms with Crippen LogP contribution >= 0.6 is 50.1 Å². The van der Waals surface area contributed by atoms with Gasteiger partial charge in [-0.1, -0.05) is 39.7 Å².